The average molecular weight is 299 g/mol. The van der Waals surface area contributed by atoms with Crippen molar-refractivity contribution in [2.24, 2.45) is 0 Å². The van der Waals surface area contributed by atoms with E-state index in [1.807, 2.05) is 0 Å². The minimum Gasteiger partial charge on any atom is -0.394 e. The molecule has 20 heavy (non-hydrogen) atoms. The Hall–Kier alpha value is -1.59. The van der Waals surface area contributed by atoms with Crippen LogP contribution in [0.2, 0.25) is 0 Å². The van der Waals surface area contributed by atoms with Crippen LogP contribution in [0.15, 0.2) is 6.20 Å². The normalized spacial score (nSPS) is 30.1. The first kappa shape index (κ1) is 13.4. The van der Waals surface area contributed by atoms with E-state index in [0.717, 1.165) is 0 Å². The van der Waals surface area contributed by atoms with Crippen LogP contribution in [0.3, 0.4) is 0 Å². The van der Waals surface area contributed by atoms with E-state index in [2.05, 4.69) is 15.1 Å². The number of fused-ring (bicyclic) bond motifs is 1. The van der Waals surface area contributed by atoms with Gasteiger partial charge >= 0.3 is 0 Å². The Morgan fingerprint density at radius 1 is 1.45 bits per heavy atom. The molecule has 3 rings (SSSR count). The first-order chi connectivity index (χ1) is 9.52. The summed E-state index contributed by atoms with van der Waals surface area (Å²) in [6.45, 7) is -0.409. The van der Waals surface area contributed by atoms with Gasteiger partial charge in [0.2, 0.25) is 0 Å². The van der Waals surface area contributed by atoms with Crippen molar-refractivity contribution in [2.45, 2.75) is 24.5 Å². The fraction of sp³-hybridized carbons (Fsp3) is 0.500. The second kappa shape index (κ2) is 4.75. The van der Waals surface area contributed by atoms with Crippen LogP contribution in [0, 0.1) is 4.64 Å². The summed E-state index contributed by atoms with van der Waals surface area (Å²) in [7, 11) is 0. The van der Waals surface area contributed by atoms with Gasteiger partial charge in [0.15, 0.2) is 12.2 Å². The molecule has 1 fully saturated rings. The number of hydrogen-bond acceptors (Lipinski definition) is 8. The zero-order chi connectivity index (χ0) is 14.4. The van der Waals surface area contributed by atoms with E-state index in [4.69, 9.17) is 27.8 Å². The minimum atomic E-state index is -1.23. The molecular formula is C10H13N5O4S. The number of rotatable bonds is 2. The molecule has 108 valence electrons. The molecule has 4 atom stereocenters. The standard InChI is InChI=1S/C10H13N5O4S/c11-10-13-7-3(8(20)14-10)1-12-15(7)9-6(18)5(17)4(2-16)19-9/h1,4-6,9,16-18H,2H2,(H3,11,13,14,20)/t4-,5-,6-,9-/m1/s1. The number of nitrogens with zero attached hydrogens (tertiary/aromatic N) is 3. The van der Waals surface area contributed by atoms with Gasteiger partial charge in [-0.05, 0) is 0 Å². The number of aliphatic hydroxyl groups is 3. The number of nitrogens with two attached hydrogens (primary N) is 1. The summed E-state index contributed by atoms with van der Waals surface area (Å²) >= 11 is 5.07. The summed E-state index contributed by atoms with van der Waals surface area (Å²) in [4.78, 5) is 6.69. The summed E-state index contributed by atoms with van der Waals surface area (Å²) in [5.41, 5.74) is 6.03. The lowest BCUT2D eigenvalue weighted by Crippen LogP contribution is -2.33. The number of aromatic nitrogens is 4. The van der Waals surface area contributed by atoms with Gasteiger partial charge in [0.1, 0.15) is 28.6 Å². The van der Waals surface area contributed by atoms with E-state index in [-0.39, 0.29) is 10.6 Å². The Kier molecular flexibility index (Phi) is 3.18. The third-order valence-corrected chi connectivity index (χ3v) is 3.56. The molecule has 9 nitrogen and oxygen atoms in total. The van der Waals surface area contributed by atoms with Gasteiger partial charge in [-0.1, -0.05) is 12.2 Å². The lowest BCUT2D eigenvalue weighted by Gasteiger charge is -2.15. The number of H-pyrrole nitrogens is 1. The van der Waals surface area contributed by atoms with Crippen molar-refractivity contribution in [3.05, 3.63) is 10.8 Å². The molecule has 10 heteroatoms. The number of nitrogens with one attached hydrogen (secondary N) is 1. The molecule has 0 spiro atoms. The maximum Gasteiger partial charge on any atom is 0.200 e. The highest BCUT2D eigenvalue weighted by Crippen LogP contribution is 2.30. The van der Waals surface area contributed by atoms with Crippen molar-refractivity contribution in [1.82, 2.24) is 19.7 Å². The maximum atomic E-state index is 10.00. The number of aliphatic hydroxyl groups excluding tert-OH is 3. The predicted molar refractivity (Wildman–Crippen MR) is 70.1 cm³/mol. The smallest absolute Gasteiger partial charge is 0.200 e. The van der Waals surface area contributed by atoms with Crippen LogP contribution in [0.4, 0.5) is 5.95 Å². The third-order valence-electron chi connectivity index (χ3n) is 3.25. The predicted octanol–water partition coefficient (Wildman–Crippen LogP) is -1.32. The summed E-state index contributed by atoms with van der Waals surface area (Å²) in [6.07, 6.45) is -2.79. The molecule has 0 saturated carbocycles. The zero-order valence-corrected chi connectivity index (χ0v) is 11.0. The van der Waals surface area contributed by atoms with Crippen LogP contribution in [0.25, 0.3) is 11.0 Å². The lowest BCUT2D eigenvalue weighted by atomic mass is 10.1. The monoisotopic (exact) mass is 299 g/mol. The summed E-state index contributed by atoms with van der Waals surface area (Å²) < 4.78 is 7.00. The van der Waals surface area contributed by atoms with E-state index in [1.54, 1.807) is 0 Å². The Labute approximate surface area is 117 Å². The van der Waals surface area contributed by atoms with Crippen molar-refractivity contribution < 1.29 is 20.1 Å². The number of aromatic amines is 1. The van der Waals surface area contributed by atoms with Gasteiger partial charge in [-0.15, -0.1) is 0 Å². The molecule has 1 saturated heterocycles. The molecule has 0 aliphatic carbocycles. The van der Waals surface area contributed by atoms with Crippen LogP contribution in [0.5, 0.6) is 0 Å². The Bertz CT molecular complexity index is 701. The summed E-state index contributed by atoms with van der Waals surface area (Å²) in [5, 5.41) is 33.5. The molecule has 0 bridgehead atoms. The van der Waals surface area contributed by atoms with Crippen molar-refractivity contribution in [3.8, 4) is 0 Å². The number of hydrogen-bond donors (Lipinski definition) is 5. The van der Waals surface area contributed by atoms with Gasteiger partial charge in [0.25, 0.3) is 0 Å². The molecule has 0 radical (unpaired) electrons. The van der Waals surface area contributed by atoms with E-state index in [0.29, 0.717) is 11.0 Å². The highest BCUT2D eigenvalue weighted by atomic mass is 32.1. The van der Waals surface area contributed by atoms with Gasteiger partial charge < -0.3 is 30.8 Å². The van der Waals surface area contributed by atoms with Crippen molar-refractivity contribution in [2.75, 3.05) is 12.3 Å². The highest BCUT2D eigenvalue weighted by Gasteiger charge is 2.44. The van der Waals surface area contributed by atoms with Gasteiger partial charge in [-0.2, -0.15) is 5.10 Å². The second-order valence-corrected chi connectivity index (χ2v) is 4.89. The quantitative estimate of drug-likeness (QED) is 0.430. The summed E-state index contributed by atoms with van der Waals surface area (Å²) in [5.74, 6) is 0.107. The van der Waals surface area contributed by atoms with Gasteiger partial charge in [-0.3, -0.25) is 0 Å². The van der Waals surface area contributed by atoms with Crippen molar-refractivity contribution in [3.63, 3.8) is 0 Å². The maximum absolute atomic E-state index is 10.00. The molecule has 0 aromatic carbocycles. The van der Waals surface area contributed by atoms with Gasteiger partial charge in [0, 0.05) is 0 Å². The molecule has 0 unspecified atom stereocenters. The Balaban J connectivity index is 2.09. The van der Waals surface area contributed by atoms with Gasteiger partial charge in [0.05, 0.1) is 18.2 Å². The second-order valence-electron chi connectivity index (χ2n) is 4.51. The molecule has 0 amide bonds. The zero-order valence-electron chi connectivity index (χ0n) is 10.2. The SMILES string of the molecule is Nc1nc(=S)c2cnn([C@@H]3O[C@H](CO)[C@@H](O)[C@H]3O)c2[nH]1. The minimum absolute atomic E-state index is 0.107. The van der Waals surface area contributed by atoms with E-state index < -0.39 is 31.1 Å². The fourth-order valence-corrected chi connectivity index (χ4v) is 2.48. The lowest BCUT2D eigenvalue weighted by molar-refractivity contribution is -0.0566. The van der Waals surface area contributed by atoms with Crippen LogP contribution in [-0.2, 0) is 4.74 Å². The van der Waals surface area contributed by atoms with E-state index in [1.165, 1.54) is 10.9 Å². The molecule has 2 aromatic rings. The first-order valence-electron chi connectivity index (χ1n) is 5.88. The van der Waals surface area contributed by atoms with Crippen LogP contribution in [0.1, 0.15) is 6.23 Å². The topological polar surface area (TPSA) is 142 Å². The molecule has 2 aromatic heterocycles. The van der Waals surface area contributed by atoms with Crippen molar-refractivity contribution >= 4 is 29.2 Å². The molecule has 1 aliphatic heterocycles. The Morgan fingerprint density at radius 3 is 2.85 bits per heavy atom. The number of nitrogen functional groups attached to an aromatic ring is 1. The molecule has 3 heterocycles. The fourth-order valence-electron chi connectivity index (χ4n) is 2.24. The first-order valence-corrected chi connectivity index (χ1v) is 6.29. The molecule has 1 aliphatic rings. The average Bonchev–Trinajstić information content (AvgIpc) is 2.93. The highest BCUT2D eigenvalue weighted by molar-refractivity contribution is 7.71. The van der Waals surface area contributed by atoms with E-state index in [9.17, 15) is 10.2 Å². The largest absolute Gasteiger partial charge is 0.394 e. The number of anilines is 1. The molecule has 6 N–H and O–H groups in total. The Morgan fingerprint density at radius 2 is 2.20 bits per heavy atom. The number of ether oxygens (including phenoxy) is 1. The van der Waals surface area contributed by atoms with Gasteiger partial charge in [-0.25, -0.2) is 9.67 Å². The third kappa shape index (κ3) is 1.89. The van der Waals surface area contributed by atoms with Crippen LogP contribution < -0.4 is 5.73 Å². The van der Waals surface area contributed by atoms with Crippen LogP contribution >= 0.6 is 12.2 Å². The molecular weight excluding hydrogens is 286 g/mol. The summed E-state index contributed by atoms with van der Waals surface area (Å²) in [6, 6.07) is 0. The van der Waals surface area contributed by atoms with E-state index >= 15 is 0 Å². The van der Waals surface area contributed by atoms with Crippen LogP contribution in [-0.4, -0.2) is 60.0 Å². The van der Waals surface area contributed by atoms with Crippen molar-refractivity contribution in [1.29, 1.82) is 0 Å².